The third-order valence-corrected chi connectivity index (χ3v) is 4.81. The number of carbonyl (C=O) groups excluding carboxylic acids is 1. The van der Waals surface area contributed by atoms with Crippen LogP contribution in [0.2, 0.25) is 0 Å². The van der Waals surface area contributed by atoms with Gasteiger partial charge < -0.3 is 5.43 Å². The maximum atomic E-state index is 12.9. The van der Waals surface area contributed by atoms with E-state index in [1.165, 1.54) is 10.8 Å². The van der Waals surface area contributed by atoms with Gasteiger partial charge in [-0.1, -0.05) is 70.5 Å². The van der Waals surface area contributed by atoms with E-state index in [1.807, 2.05) is 36.4 Å². The monoisotopic (exact) mass is 378 g/mol. The van der Waals surface area contributed by atoms with Crippen molar-refractivity contribution in [2.75, 3.05) is 6.54 Å². The zero-order valence-electron chi connectivity index (χ0n) is 12.9. The highest BCUT2D eigenvalue weighted by Crippen LogP contribution is 2.26. The van der Waals surface area contributed by atoms with Crippen LogP contribution in [0.15, 0.2) is 76.3 Å². The summed E-state index contributed by atoms with van der Waals surface area (Å²) in [6, 6.07) is 22.0. The predicted molar refractivity (Wildman–Crippen MR) is 101 cm³/mol. The number of hydrazone groups is 1. The summed E-state index contributed by atoms with van der Waals surface area (Å²) in [4.78, 5) is 12.9. The number of fused-ring (bicyclic) bond motifs is 1. The molecule has 3 aromatic rings. The average Bonchev–Trinajstić information content (AvgIpc) is 3.10. The number of ketones is 1. The van der Waals surface area contributed by atoms with Gasteiger partial charge in [-0.15, -0.1) is 0 Å². The van der Waals surface area contributed by atoms with E-state index in [2.05, 4.69) is 56.8 Å². The number of hydrogen-bond donors (Lipinski definition) is 1. The van der Waals surface area contributed by atoms with Crippen LogP contribution in [0.4, 0.5) is 0 Å². The molecule has 4 heteroatoms. The molecule has 1 heterocycles. The number of hydrogen-bond acceptors (Lipinski definition) is 3. The van der Waals surface area contributed by atoms with Crippen LogP contribution in [0.3, 0.4) is 0 Å². The molecule has 1 aliphatic rings. The highest BCUT2D eigenvalue weighted by atomic mass is 79.9. The number of rotatable bonds is 3. The Balaban J connectivity index is 1.70. The first-order chi connectivity index (χ1) is 11.7. The van der Waals surface area contributed by atoms with Gasteiger partial charge in [-0.2, -0.15) is 5.10 Å². The van der Waals surface area contributed by atoms with Gasteiger partial charge in [0.25, 0.3) is 0 Å². The number of carbonyl (C=O) groups is 1. The fraction of sp³-hybridized carbons (Fsp3) is 0.100. The van der Waals surface area contributed by atoms with E-state index >= 15 is 0 Å². The largest absolute Gasteiger partial charge is 0.309 e. The molecule has 0 aliphatic carbocycles. The zero-order chi connectivity index (χ0) is 16.5. The lowest BCUT2D eigenvalue weighted by atomic mass is 9.89. The van der Waals surface area contributed by atoms with Crippen molar-refractivity contribution in [3.63, 3.8) is 0 Å². The first kappa shape index (κ1) is 15.1. The van der Waals surface area contributed by atoms with E-state index in [4.69, 9.17) is 0 Å². The van der Waals surface area contributed by atoms with Gasteiger partial charge in [0.15, 0.2) is 0 Å². The van der Waals surface area contributed by atoms with Crippen molar-refractivity contribution in [3.8, 4) is 0 Å². The molecule has 118 valence electrons. The molecule has 1 aliphatic heterocycles. The topological polar surface area (TPSA) is 41.5 Å². The van der Waals surface area contributed by atoms with Crippen LogP contribution < -0.4 is 5.43 Å². The van der Waals surface area contributed by atoms with Crippen molar-refractivity contribution in [2.45, 2.75) is 5.92 Å². The summed E-state index contributed by atoms with van der Waals surface area (Å²) < 4.78 is 0.891. The molecule has 24 heavy (non-hydrogen) atoms. The van der Waals surface area contributed by atoms with E-state index in [9.17, 15) is 4.79 Å². The molecular weight excluding hydrogens is 364 g/mol. The van der Waals surface area contributed by atoms with E-state index in [0.717, 1.165) is 10.0 Å². The maximum Gasteiger partial charge on any atom is 0.209 e. The first-order valence-corrected chi connectivity index (χ1v) is 8.61. The Morgan fingerprint density at radius 3 is 2.67 bits per heavy atom. The Morgan fingerprint density at radius 2 is 1.83 bits per heavy atom. The predicted octanol–water partition coefficient (Wildman–Crippen LogP) is 4.53. The van der Waals surface area contributed by atoms with Crippen molar-refractivity contribution in [2.24, 2.45) is 5.10 Å². The summed E-state index contributed by atoms with van der Waals surface area (Å²) >= 11 is 3.42. The van der Waals surface area contributed by atoms with Crippen molar-refractivity contribution >= 4 is 38.2 Å². The quantitative estimate of drug-likeness (QED) is 0.680. The Hall–Kier alpha value is -2.46. The highest BCUT2D eigenvalue weighted by Gasteiger charge is 2.29. The average molecular weight is 379 g/mol. The Bertz CT molecular complexity index is 965. The SMILES string of the molecule is O=C(C1=NNC[C@@H]1c1ccc2ccccc2c1)c1cccc(Br)c1. The van der Waals surface area contributed by atoms with Crippen LogP contribution >= 0.6 is 15.9 Å². The maximum absolute atomic E-state index is 12.9. The fourth-order valence-electron chi connectivity index (χ4n) is 3.08. The third kappa shape index (κ3) is 2.74. The fourth-order valence-corrected chi connectivity index (χ4v) is 3.48. The molecule has 0 radical (unpaired) electrons. The van der Waals surface area contributed by atoms with E-state index < -0.39 is 0 Å². The number of benzene rings is 3. The van der Waals surface area contributed by atoms with Crippen LogP contribution in [0.1, 0.15) is 21.8 Å². The molecule has 0 saturated carbocycles. The summed E-state index contributed by atoms with van der Waals surface area (Å²) in [6.45, 7) is 0.646. The van der Waals surface area contributed by atoms with Crippen molar-refractivity contribution in [3.05, 3.63) is 82.3 Å². The minimum absolute atomic E-state index is 0.0268. The number of nitrogens with zero attached hydrogens (tertiary/aromatic N) is 1. The number of nitrogens with one attached hydrogen (secondary N) is 1. The van der Waals surface area contributed by atoms with Crippen LogP contribution in [0.25, 0.3) is 10.8 Å². The lowest BCUT2D eigenvalue weighted by molar-refractivity contribution is 0.106. The Morgan fingerprint density at radius 1 is 1.00 bits per heavy atom. The molecule has 3 aromatic carbocycles. The molecule has 3 nitrogen and oxygen atoms in total. The summed E-state index contributed by atoms with van der Waals surface area (Å²) in [5.74, 6) is -0.0550. The molecule has 0 fully saturated rings. The number of Topliss-reactive ketones (excluding diaryl/α,β-unsaturated/α-hetero) is 1. The van der Waals surface area contributed by atoms with E-state index in [1.54, 1.807) is 0 Å². The second-order valence-electron chi connectivity index (χ2n) is 5.86. The summed E-state index contributed by atoms with van der Waals surface area (Å²) in [6.07, 6.45) is 0. The van der Waals surface area contributed by atoms with Crippen LogP contribution in [-0.4, -0.2) is 18.0 Å². The molecule has 0 unspecified atom stereocenters. The van der Waals surface area contributed by atoms with Gasteiger partial charge in [0.05, 0.1) is 5.92 Å². The summed E-state index contributed by atoms with van der Waals surface area (Å²) in [7, 11) is 0. The van der Waals surface area contributed by atoms with Gasteiger partial charge in [0.1, 0.15) is 5.71 Å². The van der Waals surface area contributed by atoms with Gasteiger partial charge in [-0.05, 0) is 28.5 Å². The van der Waals surface area contributed by atoms with Crippen LogP contribution in [0.5, 0.6) is 0 Å². The minimum Gasteiger partial charge on any atom is -0.309 e. The lowest BCUT2D eigenvalue weighted by Crippen LogP contribution is -2.21. The van der Waals surface area contributed by atoms with Crippen LogP contribution in [0, 0.1) is 0 Å². The molecule has 0 aromatic heterocycles. The zero-order valence-corrected chi connectivity index (χ0v) is 14.5. The van der Waals surface area contributed by atoms with Gasteiger partial charge in [-0.3, -0.25) is 4.79 Å². The molecule has 1 atom stereocenters. The molecular formula is C20H15BrN2O. The molecule has 0 amide bonds. The van der Waals surface area contributed by atoms with Gasteiger partial charge in [0.2, 0.25) is 5.78 Å². The smallest absolute Gasteiger partial charge is 0.209 e. The first-order valence-electron chi connectivity index (χ1n) is 7.82. The van der Waals surface area contributed by atoms with Gasteiger partial charge in [0, 0.05) is 16.6 Å². The molecule has 0 saturated heterocycles. The Kier molecular flexibility index (Phi) is 3.90. The van der Waals surface area contributed by atoms with Crippen LogP contribution in [-0.2, 0) is 0 Å². The third-order valence-electron chi connectivity index (χ3n) is 4.32. The van der Waals surface area contributed by atoms with Gasteiger partial charge >= 0.3 is 0 Å². The second kappa shape index (κ2) is 6.21. The number of halogens is 1. The molecule has 0 spiro atoms. The standard InChI is InChI=1S/C20H15BrN2O/c21-17-7-3-6-16(11-17)20(24)19-18(12-22-23-19)15-9-8-13-4-1-2-5-14(13)10-15/h1-11,18,22H,12H2/t18-/m1/s1. The van der Waals surface area contributed by atoms with Crippen molar-refractivity contribution in [1.82, 2.24) is 5.43 Å². The summed E-state index contributed by atoms with van der Waals surface area (Å²) in [5.41, 5.74) is 5.32. The second-order valence-corrected chi connectivity index (χ2v) is 6.77. The summed E-state index contributed by atoms with van der Waals surface area (Å²) in [5, 5.41) is 6.66. The van der Waals surface area contributed by atoms with E-state index in [-0.39, 0.29) is 11.7 Å². The molecule has 1 N–H and O–H groups in total. The van der Waals surface area contributed by atoms with E-state index in [0.29, 0.717) is 17.8 Å². The molecule has 0 bridgehead atoms. The highest BCUT2D eigenvalue weighted by molar-refractivity contribution is 9.10. The van der Waals surface area contributed by atoms with Crippen molar-refractivity contribution < 1.29 is 4.79 Å². The molecule has 4 rings (SSSR count). The normalized spacial score (nSPS) is 16.7. The van der Waals surface area contributed by atoms with Gasteiger partial charge in [-0.25, -0.2) is 0 Å². The lowest BCUT2D eigenvalue weighted by Gasteiger charge is -2.13. The Labute approximate surface area is 148 Å². The van der Waals surface area contributed by atoms with Crippen molar-refractivity contribution in [1.29, 1.82) is 0 Å². The minimum atomic E-state index is -0.0283.